The monoisotopic (exact) mass is 532 g/mol. The third kappa shape index (κ3) is 5.81. The fourth-order valence-electron chi connectivity index (χ4n) is 4.41. The zero-order valence-electron chi connectivity index (χ0n) is 19.4. The molecule has 0 bridgehead atoms. The van der Waals surface area contributed by atoms with Crippen molar-refractivity contribution in [3.63, 3.8) is 0 Å². The first-order chi connectivity index (χ1) is 16.7. The molecule has 1 fully saturated rings. The lowest BCUT2D eigenvalue weighted by atomic mass is 9.93. The van der Waals surface area contributed by atoms with E-state index in [9.17, 15) is 13.2 Å². The summed E-state index contributed by atoms with van der Waals surface area (Å²) in [7, 11) is -3.60. The van der Waals surface area contributed by atoms with E-state index >= 15 is 0 Å². The summed E-state index contributed by atoms with van der Waals surface area (Å²) in [6.45, 7) is 2.98. The molecule has 1 aliphatic heterocycles. The van der Waals surface area contributed by atoms with Gasteiger partial charge in [-0.05, 0) is 60.5 Å². The van der Waals surface area contributed by atoms with Crippen LogP contribution < -0.4 is 4.31 Å². The Labute approximate surface area is 216 Å². The van der Waals surface area contributed by atoms with E-state index in [1.165, 1.54) is 10.6 Å². The Morgan fingerprint density at radius 3 is 2.03 bits per heavy atom. The summed E-state index contributed by atoms with van der Waals surface area (Å²) < 4.78 is 32.1. The SMILES string of the molecule is CCOC(=O)c1cccc(N(C2CN(C(c3ccc(Cl)cc3)c3ccc(Cl)cc3)C2)S(C)(=O)=O)c1. The smallest absolute Gasteiger partial charge is 0.338 e. The second-order valence-corrected chi connectivity index (χ2v) is 11.2. The Hall–Kier alpha value is -2.58. The lowest BCUT2D eigenvalue weighted by Crippen LogP contribution is -2.61. The van der Waals surface area contributed by atoms with E-state index < -0.39 is 16.0 Å². The highest BCUT2D eigenvalue weighted by molar-refractivity contribution is 7.92. The van der Waals surface area contributed by atoms with Crippen molar-refractivity contribution in [3.8, 4) is 0 Å². The Balaban J connectivity index is 1.62. The molecule has 3 aromatic carbocycles. The van der Waals surface area contributed by atoms with Gasteiger partial charge in [0.15, 0.2) is 0 Å². The summed E-state index contributed by atoms with van der Waals surface area (Å²) in [6.07, 6.45) is 1.18. The molecule has 3 aromatic rings. The number of carbonyl (C=O) groups excluding carboxylic acids is 1. The van der Waals surface area contributed by atoms with E-state index in [1.54, 1.807) is 31.2 Å². The lowest BCUT2D eigenvalue weighted by molar-refractivity contribution is 0.0526. The molecule has 0 aliphatic carbocycles. The molecule has 0 N–H and O–H groups in total. The van der Waals surface area contributed by atoms with E-state index in [4.69, 9.17) is 27.9 Å². The minimum absolute atomic E-state index is 0.0898. The number of sulfonamides is 1. The van der Waals surface area contributed by atoms with Crippen LogP contribution >= 0.6 is 23.2 Å². The third-order valence-electron chi connectivity index (χ3n) is 5.93. The number of benzene rings is 3. The fourth-order valence-corrected chi connectivity index (χ4v) is 5.83. The molecule has 0 amide bonds. The summed E-state index contributed by atoms with van der Waals surface area (Å²) in [5, 5.41) is 1.30. The summed E-state index contributed by atoms with van der Waals surface area (Å²) in [5.41, 5.74) is 2.85. The maximum Gasteiger partial charge on any atom is 0.338 e. The molecule has 0 unspecified atom stereocenters. The van der Waals surface area contributed by atoms with Gasteiger partial charge < -0.3 is 4.74 Å². The number of ether oxygens (including phenoxy) is 1. The van der Waals surface area contributed by atoms with Crippen LogP contribution in [0.25, 0.3) is 0 Å². The number of hydrogen-bond acceptors (Lipinski definition) is 5. The molecule has 35 heavy (non-hydrogen) atoms. The zero-order valence-corrected chi connectivity index (χ0v) is 21.7. The van der Waals surface area contributed by atoms with Gasteiger partial charge in [-0.15, -0.1) is 0 Å². The van der Waals surface area contributed by atoms with Gasteiger partial charge in [-0.3, -0.25) is 9.21 Å². The highest BCUT2D eigenvalue weighted by Gasteiger charge is 2.40. The summed E-state index contributed by atoms with van der Waals surface area (Å²) in [5.74, 6) is -0.483. The summed E-state index contributed by atoms with van der Waals surface area (Å²) in [4.78, 5) is 14.4. The van der Waals surface area contributed by atoms with Crippen LogP contribution in [0.15, 0.2) is 72.8 Å². The number of esters is 1. The number of anilines is 1. The van der Waals surface area contributed by atoms with E-state index in [0.29, 0.717) is 34.4 Å². The lowest BCUT2D eigenvalue weighted by Gasteiger charge is -2.48. The van der Waals surface area contributed by atoms with Gasteiger partial charge in [0, 0.05) is 23.1 Å². The highest BCUT2D eigenvalue weighted by Crippen LogP contribution is 2.36. The number of likely N-dealkylation sites (tertiary alicyclic amines) is 1. The van der Waals surface area contributed by atoms with Crippen LogP contribution in [0.5, 0.6) is 0 Å². The average Bonchev–Trinajstić information content (AvgIpc) is 2.79. The quantitative estimate of drug-likeness (QED) is 0.363. The average molecular weight is 533 g/mol. The summed E-state index contributed by atoms with van der Waals surface area (Å²) in [6, 6.07) is 21.5. The maximum atomic E-state index is 12.8. The second-order valence-electron chi connectivity index (χ2n) is 8.44. The number of hydrogen-bond donors (Lipinski definition) is 0. The van der Waals surface area contributed by atoms with Crippen molar-refractivity contribution >= 4 is 44.9 Å². The first-order valence-corrected chi connectivity index (χ1v) is 13.8. The van der Waals surface area contributed by atoms with Gasteiger partial charge in [-0.25, -0.2) is 13.2 Å². The molecule has 1 aliphatic rings. The van der Waals surface area contributed by atoms with E-state index in [2.05, 4.69) is 4.90 Å². The second kappa shape index (κ2) is 10.6. The van der Waals surface area contributed by atoms with Crippen molar-refractivity contribution in [3.05, 3.63) is 99.5 Å². The minimum Gasteiger partial charge on any atom is -0.462 e. The topological polar surface area (TPSA) is 66.9 Å². The van der Waals surface area contributed by atoms with Crippen LogP contribution in [-0.2, 0) is 14.8 Å². The van der Waals surface area contributed by atoms with Crippen LogP contribution in [-0.4, -0.2) is 51.3 Å². The molecule has 0 saturated carbocycles. The van der Waals surface area contributed by atoms with Gasteiger partial charge in [0.05, 0.1) is 36.2 Å². The number of rotatable bonds is 8. The van der Waals surface area contributed by atoms with Crippen molar-refractivity contribution in [2.45, 2.75) is 19.0 Å². The van der Waals surface area contributed by atoms with Crippen LogP contribution in [0, 0.1) is 0 Å². The number of halogens is 2. The Bertz CT molecular complexity index is 1250. The van der Waals surface area contributed by atoms with Gasteiger partial charge in [0.1, 0.15) is 0 Å². The van der Waals surface area contributed by atoms with Gasteiger partial charge >= 0.3 is 5.97 Å². The van der Waals surface area contributed by atoms with Crippen molar-refractivity contribution in [2.24, 2.45) is 0 Å². The van der Waals surface area contributed by atoms with Gasteiger partial charge in [0.25, 0.3) is 0 Å². The largest absolute Gasteiger partial charge is 0.462 e. The summed E-state index contributed by atoms with van der Waals surface area (Å²) >= 11 is 12.2. The Morgan fingerprint density at radius 1 is 1.00 bits per heavy atom. The Morgan fingerprint density at radius 2 is 1.54 bits per heavy atom. The van der Waals surface area contributed by atoms with Crippen LogP contribution in [0.3, 0.4) is 0 Å². The van der Waals surface area contributed by atoms with Gasteiger partial charge in [-0.1, -0.05) is 53.5 Å². The standard InChI is InChI=1S/C26H26Cl2N2O4S/c1-3-34-26(31)20-5-4-6-23(15-20)30(35(2,32)33)24-16-29(17-24)25(18-7-11-21(27)12-8-18)19-9-13-22(28)14-10-19/h4-15,24-25H,3,16-17H2,1-2H3. The molecule has 1 heterocycles. The predicted octanol–water partition coefficient (Wildman–Crippen LogP) is 5.41. The number of nitrogens with zero attached hydrogens (tertiary/aromatic N) is 2. The minimum atomic E-state index is -3.60. The highest BCUT2D eigenvalue weighted by atomic mass is 35.5. The molecule has 184 valence electrons. The van der Waals surface area contributed by atoms with E-state index in [-0.39, 0.29) is 18.7 Å². The van der Waals surface area contributed by atoms with Crippen LogP contribution in [0.4, 0.5) is 5.69 Å². The molecule has 4 rings (SSSR count). The van der Waals surface area contributed by atoms with Crippen molar-refractivity contribution in [1.29, 1.82) is 0 Å². The molecule has 1 saturated heterocycles. The molecule has 0 aromatic heterocycles. The van der Waals surface area contributed by atoms with Crippen molar-refractivity contribution in [1.82, 2.24) is 4.90 Å². The van der Waals surface area contributed by atoms with Gasteiger partial charge in [-0.2, -0.15) is 0 Å². The molecule has 0 atom stereocenters. The zero-order chi connectivity index (χ0) is 25.2. The molecule has 0 radical (unpaired) electrons. The number of carbonyl (C=O) groups is 1. The van der Waals surface area contributed by atoms with Crippen LogP contribution in [0.2, 0.25) is 10.0 Å². The molecular formula is C26H26Cl2N2O4S. The molecule has 9 heteroatoms. The molecular weight excluding hydrogens is 507 g/mol. The normalized spacial score (nSPS) is 14.5. The van der Waals surface area contributed by atoms with Crippen LogP contribution in [0.1, 0.15) is 34.5 Å². The predicted molar refractivity (Wildman–Crippen MR) is 140 cm³/mol. The fraction of sp³-hybridized carbons (Fsp3) is 0.269. The van der Waals surface area contributed by atoms with E-state index in [1.807, 2.05) is 48.5 Å². The van der Waals surface area contributed by atoms with E-state index in [0.717, 1.165) is 11.1 Å². The molecule has 6 nitrogen and oxygen atoms in total. The van der Waals surface area contributed by atoms with Crippen molar-refractivity contribution in [2.75, 3.05) is 30.3 Å². The van der Waals surface area contributed by atoms with Gasteiger partial charge in [0.2, 0.25) is 10.0 Å². The third-order valence-corrected chi connectivity index (χ3v) is 7.66. The van der Waals surface area contributed by atoms with Crippen molar-refractivity contribution < 1.29 is 17.9 Å². The first-order valence-electron chi connectivity index (χ1n) is 11.2. The maximum absolute atomic E-state index is 12.8. The Kier molecular flexibility index (Phi) is 7.71. The first kappa shape index (κ1) is 25.5. The molecule has 0 spiro atoms.